The van der Waals surface area contributed by atoms with Crippen molar-refractivity contribution in [3.63, 3.8) is 0 Å². The van der Waals surface area contributed by atoms with Gasteiger partial charge in [0.25, 0.3) is 0 Å². The van der Waals surface area contributed by atoms with Crippen molar-refractivity contribution in [2.45, 2.75) is 6.42 Å². The Hall–Kier alpha value is -0.920. The third-order valence-corrected chi connectivity index (χ3v) is 4.56. The Labute approximate surface area is 141 Å². The van der Waals surface area contributed by atoms with Crippen LogP contribution in [0, 0.1) is 0 Å². The Kier molecular flexibility index (Phi) is 5.56. The monoisotopic (exact) mass is 462 g/mol. The van der Waals surface area contributed by atoms with Crippen LogP contribution in [-0.4, -0.2) is 12.1 Å². The number of hydrogen-bond acceptors (Lipinski definition) is 3. The lowest BCUT2D eigenvalue weighted by molar-refractivity contribution is -0.120. The van der Waals surface area contributed by atoms with Crippen LogP contribution in [-0.2, 0) is 11.2 Å². The van der Waals surface area contributed by atoms with Gasteiger partial charge in [0.05, 0.1) is 17.1 Å². The summed E-state index contributed by atoms with van der Waals surface area (Å²) in [4.78, 5) is 11.7. The largest absolute Gasteiger partial charge is 0.447 e. The molecule has 0 saturated carbocycles. The summed E-state index contributed by atoms with van der Waals surface area (Å²) in [5.41, 5.74) is 3.37. The van der Waals surface area contributed by atoms with Crippen molar-refractivity contribution < 1.29 is 9.21 Å². The first kappa shape index (κ1) is 15.5. The molecule has 1 amide bonds. The predicted octanol–water partition coefficient (Wildman–Crippen LogP) is 4.26. The minimum Gasteiger partial charge on any atom is -0.447 e. The van der Waals surface area contributed by atoms with Crippen LogP contribution in [0.1, 0.15) is 11.3 Å². The summed E-state index contributed by atoms with van der Waals surface area (Å²) < 4.78 is 7.65. The van der Waals surface area contributed by atoms with Crippen LogP contribution in [0.15, 0.2) is 53.5 Å². The highest BCUT2D eigenvalue weighted by atomic mass is 79.9. The first-order valence-electron chi connectivity index (χ1n) is 5.56. The van der Waals surface area contributed by atoms with E-state index in [0.29, 0.717) is 10.4 Å². The van der Waals surface area contributed by atoms with E-state index in [0.717, 1.165) is 14.5 Å². The van der Waals surface area contributed by atoms with Gasteiger partial charge in [-0.25, -0.2) is 5.43 Å². The zero-order valence-electron chi connectivity index (χ0n) is 10.1. The van der Waals surface area contributed by atoms with Crippen molar-refractivity contribution in [3.8, 4) is 0 Å². The maximum Gasteiger partial charge on any atom is 0.244 e. The lowest BCUT2D eigenvalue weighted by Crippen LogP contribution is -2.19. The fourth-order valence-corrected chi connectivity index (χ4v) is 2.29. The second-order valence-electron chi connectivity index (χ2n) is 3.87. The maximum absolute atomic E-state index is 11.7. The summed E-state index contributed by atoms with van der Waals surface area (Å²) >= 11 is 9.86. The Morgan fingerprint density at radius 3 is 2.55 bits per heavy atom. The van der Waals surface area contributed by atoms with E-state index >= 15 is 0 Å². The molecule has 0 aliphatic carbocycles. The van der Waals surface area contributed by atoms with Gasteiger partial charge in [0.1, 0.15) is 5.76 Å². The van der Waals surface area contributed by atoms with Crippen LogP contribution >= 0.6 is 47.8 Å². The minimum atomic E-state index is -0.187. The lowest BCUT2D eigenvalue weighted by Gasteiger charge is -2.00. The minimum absolute atomic E-state index is 0.187. The van der Waals surface area contributed by atoms with E-state index in [4.69, 9.17) is 4.42 Å². The molecule has 0 radical (unpaired) electrons. The Bertz CT molecular complexity index is 616. The smallest absolute Gasteiger partial charge is 0.244 e. The van der Waals surface area contributed by atoms with E-state index < -0.39 is 0 Å². The summed E-state index contributed by atoms with van der Waals surface area (Å²) in [6.45, 7) is 0. The number of nitrogens with zero attached hydrogens (tertiary/aromatic N) is 1. The van der Waals surface area contributed by atoms with Gasteiger partial charge in [-0.2, -0.15) is 5.10 Å². The Morgan fingerprint density at radius 2 is 1.95 bits per heavy atom. The molecular weight excluding hydrogens is 456 g/mol. The second-order valence-corrected chi connectivity index (χ2v) is 6.36. The quantitative estimate of drug-likeness (QED) is 0.543. The molecule has 104 valence electrons. The molecule has 0 unspecified atom stereocenters. The topological polar surface area (TPSA) is 54.6 Å². The summed E-state index contributed by atoms with van der Waals surface area (Å²) in [5, 5.41) is 3.84. The average molecular weight is 465 g/mol. The summed E-state index contributed by atoms with van der Waals surface area (Å²) in [6.07, 6.45) is 1.71. The number of benzene rings is 1. The fraction of sp³-hybridized carbons (Fsp3) is 0.0769. The standard InChI is InChI=1S/C13H9Br3N2O2/c14-9-3-1-8(2-4-9)5-12(19)18-17-7-10-6-11(15)13(16)20-10/h1-4,6-7H,5H2,(H,18,19). The highest BCUT2D eigenvalue weighted by Crippen LogP contribution is 2.25. The van der Waals surface area contributed by atoms with Crippen LogP contribution in [0.25, 0.3) is 0 Å². The predicted molar refractivity (Wildman–Crippen MR) is 87.7 cm³/mol. The molecule has 0 spiro atoms. The molecule has 1 aromatic heterocycles. The molecule has 4 nitrogen and oxygen atoms in total. The maximum atomic E-state index is 11.7. The summed E-state index contributed by atoms with van der Waals surface area (Å²) in [7, 11) is 0. The van der Waals surface area contributed by atoms with E-state index in [1.807, 2.05) is 24.3 Å². The molecular formula is C13H9Br3N2O2. The van der Waals surface area contributed by atoms with Gasteiger partial charge in [-0.15, -0.1) is 0 Å². The number of hydrogen-bond donors (Lipinski definition) is 1. The number of hydrazone groups is 1. The van der Waals surface area contributed by atoms with Crippen molar-refractivity contribution in [3.05, 3.63) is 55.3 Å². The molecule has 0 aliphatic rings. The zero-order valence-corrected chi connectivity index (χ0v) is 14.8. The first-order valence-corrected chi connectivity index (χ1v) is 7.93. The molecule has 0 saturated heterocycles. The van der Waals surface area contributed by atoms with E-state index in [1.54, 1.807) is 6.07 Å². The number of nitrogens with one attached hydrogen (secondary N) is 1. The van der Waals surface area contributed by atoms with Gasteiger partial charge in [0, 0.05) is 10.5 Å². The Balaban J connectivity index is 1.87. The zero-order chi connectivity index (χ0) is 14.5. The molecule has 1 aromatic carbocycles. The van der Waals surface area contributed by atoms with Crippen LogP contribution < -0.4 is 5.43 Å². The molecule has 2 aromatic rings. The van der Waals surface area contributed by atoms with Crippen LogP contribution in [0.3, 0.4) is 0 Å². The van der Waals surface area contributed by atoms with Gasteiger partial charge in [0.2, 0.25) is 5.91 Å². The number of carbonyl (C=O) groups excluding carboxylic acids is 1. The fourth-order valence-electron chi connectivity index (χ4n) is 1.42. The molecule has 0 atom stereocenters. The molecule has 0 fully saturated rings. The van der Waals surface area contributed by atoms with Crippen molar-refractivity contribution in [1.82, 2.24) is 5.43 Å². The van der Waals surface area contributed by atoms with Crippen LogP contribution in [0.4, 0.5) is 0 Å². The molecule has 0 aliphatic heterocycles. The number of halogens is 3. The van der Waals surface area contributed by atoms with E-state index in [2.05, 4.69) is 58.3 Å². The number of amides is 1. The highest BCUT2D eigenvalue weighted by Gasteiger charge is 2.04. The third kappa shape index (κ3) is 4.57. The first-order chi connectivity index (χ1) is 9.54. The molecule has 1 heterocycles. The molecule has 1 N–H and O–H groups in total. The Morgan fingerprint density at radius 1 is 1.25 bits per heavy atom. The SMILES string of the molecule is O=C(Cc1ccc(Br)cc1)NN=Cc1cc(Br)c(Br)o1. The highest BCUT2D eigenvalue weighted by molar-refractivity contribution is 9.13. The molecule has 0 bridgehead atoms. The van der Waals surface area contributed by atoms with Gasteiger partial charge in [-0.3, -0.25) is 4.79 Å². The second kappa shape index (κ2) is 7.19. The van der Waals surface area contributed by atoms with Crippen molar-refractivity contribution in [2.75, 3.05) is 0 Å². The molecule has 20 heavy (non-hydrogen) atoms. The van der Waals surface area contributed by atoms with Gasteiger partial charge < -0.3 is 4.42 Å². The van der Waals surface area contributed by atoms with Crippen LogP contribution in [0.2, 0.25) is 0 Å². The van der Waals surface area contributed by atoms with Crippen molar-refractivity contribution >= 4 is 59.9 Å². The van der Waals surface area contributed by atoms with Gasteiger partial charge in [-0.05, 0) is 49.6 Å². The van der Waals surface area contributed by atoms with Crippen molar-refractivity contribution in [1.29, 1.82) is 0 Å². The van der Waals surface area contributed by atoms with Crippen LogP contribution in [0.5, 0.6) is 0 Å². The van der Waals surface area contributed by atoms with Crippen molar-refractivity contribution in [2.24, 2.45) is 5.10 Å². The number of carbonyl (C=O) groups is 1. The number of furan rings is 1. The van der Waals surface area contributed by atoms with Gasteiger partial charge in [-0.1, -0.05) is 28.1 Å². The van der Waals surface area contributed by atoms with E-state index in [-0.39, 0.29) is 12.3 Å². The van der Waals surface area contributed by atoms with E-state index in [9.17, 15) is 4.79 Å². The normalized spacial score (nSPS) is 10.9. The van der Waals surface area contributed by atoms with Gasteiger partial charge in [0.15, 0.2) is 4.67 Å². The summed E-state index contributed by atoms with van der Waals surface area (Å²) in [5.74, 6) is 0.348. The summed E-state index contributed by atoms with van der Waals surface area (Å²) in [6, 6.07) is 9.30. The average Bonchev–Trinajstić information content (AvgIpc) is 2.71. The molecule has 2 rings (SSSR count). The van der Waals surface area contributed by atoms with E-state index in [1.165, 1.54) is 6.21 Å². The van der Waals surface area contributed by atoms with Gasteiger partial charge >= 0.3 is 0 Å². The third-order valence-electron chi connectivity index (χ3n) is 2.32. The molecule has 7 heteroatoms. The lowest BCUT2D eigenvalue weighted by atomic mass is 10.1. The number of rotatable bonds is 4.